The summed E-state index contributed by atoms with van der Waals surface area (Å²) in [6.45, 7) is 15.9. The van der Waals surface area contributed by atoms with E-state index in [9.17, 15) is 4.79 Å². The van der Waals surface area contributed by atoms with Crippen LogP contribution < -0.4 is 5.56 Å². The van der Waals surface area contributed by atoms with E-state index in [0.717, 1.165) is 16.9 Å². The second kappa shape index (κ2) is 10.4. The van der Waals surface area contributed by atoms with E-state index in [1.807, 2.05) is 46.7 Å². The minimum absolute atomic E-state index is 0.00454. The van der Waals surface area contributed by atoms with Crippen LogP contribution in [-0.4, -0.2) is 53.8 Å². The number of fused-ring (bicyclic) bond motifs is 1. The Bertz CT molecular complexity index is 1830. The smallest absolute Gasteiger partial charge is 0.267 e. The normalized spacial score (nSPS) is 14.9. The molecule has 0 N–H and O–H groups in total. The topological polar surface area (TPSA) is 106 Å². The lowest BCUT2D eigenvalue weighted by Crippen LogP contribution is -2.42. The molecule has 1 fully saturated rings. The van der Waals surface area contributed by atoms with Crippen molar-refractivity contribution in [2.45, 2.75) is 77.6 Å². The highest BCUT2D eigenvalue weighted by Crippen LogP contribution is 2.39. The van der Waals surface area contributed by atoms with Crippen LogP contribution in [0.25, 0.3) is 33.9 Å². The van der Waals surface area contributed by atoms with Crippen molar-refractivity contribution in [3.63, 3.8) is 0 Å². The lowest BCUT2D eigenvalue weighted by Gasteiger charge is -2.37. The Labute approximate surface area is 246 Å². The monoisotopic (exact) mass is 582 g/mol. The third-order valence-corrected chi connectivity index (χ3v) is 13.2. The van der Waals surface area contributed by atoms with Crippen LogP contribution in [0.2, 0.25) is 18.1 Å². The first-order valence-electron chi connectivity index (χ1n) is 14.5. The number of aryl methyl sites for hydroxylation is 1. The fraction of sp³-hybridized carbons (Fsp3) is 0.419. The van der Waals surface area contributed by atoms with E-state index < -0.39 is 8.32 Å². The lowest BCUT2D eigenvalue weighted by molar-refractivity contribution is 0.239. The molecule has 1 saturated carbocycles. The van der Waals surface area contributed by atoms with Gasteiger partial charge in [0.15, 0.2) is 14.1 Å². The minimum atomic E-state index is -1.91. The molecule has 0 radical (unpaired) electrons. The molecule has 0 spiro atoms. The van der Waals surface area contributed by atoms with Crippen molar-refractivity contribution >= 4 is 19.2 Å². The van der Waals surface area contributed by atoms with Crippen LogP contribution >= 0.6 is 0 Å². The van der Waals surface area contributed by atoms with Crippen LogP contribution in [0.5, 0.6) is 0 Å². The second-order valence-corrected chi connectivity index (χ2v) is 17.7. The SMILES string of the molecule is Cc1cc2ncn(-c3cccc(-c4nncn4C(C)CO[Si](C)(C)C(C)(C)C)n3)c(=O)c2cc1-n1cnc(C2CC2)c1. The summed E-state index contributed by atoms with van der Waals surface area (Å²) in [5, 5.41) is 9.20. The van der Waals surface area contributed by atoms with Gasteiger partial charge in [-0.3, -0.25) is 9.36 Å². The molecule has 218 valence electrons. The summed E-state index contributed by atoms with van der Waals surface area (Å²) in [4.78, 5) is 27.8. The van der Waals surface area contributed by atoms with Crippen LogP contribution in [-0.2, 0) is 4.43 Å². The molecule has 10 nitrogen and oxygen atoms in total. The van der Waals surface area contributed by atoms with Gasteiger partial charge in [-0.2, -0.15) is 0 Å². The van der Waals surface area contributed by atoms with Gasteiger partial charge in [0.1, 0.15) is 24.2 Å². The molecule has 0 saturated heterocycles. The number of aromatic nitrogens is 8. The Kier molecular flexibility index (Phi) is 6.97. The van der Waals surface area contributed by atoms with Gasteiger partial charge in [0.25, 0.3) is 5.56 Å². The third-order valence-electron chi connectivity index (χ3n) is 8.70. The zero-order valence-corrected chi connectivity index (χ0v) is 26.4. The largest absolute Gasteiger partial charge is 0.415 e. The van der Waals surface area contributed by atoms with Gasteiger partial charge in [-0.15, -0.1) is 10.2 Å². The van der Waals surface area contributed by atoms with Gasteiger partial charge in [0.05, 0.1) is 41.3 Å². The highest BCUT2D eigenvalue weighted by atomic mass is 28.4. The zero-order valence-electron chi connectivity index (χ0n) is 25.4. The molecule has 0 amide bonds. The molecule has 6 rings (SSSR count). The molecule has 5 aromatic rings. The molecule has 0 aliphatic heterocycles. The van der Waals surface area contributed by atoms with Crippen LogP contribution in [0.3, 0.4) is 0 Å². The number of hydrogen-bond acceptors (Lipinski definition) is 7. The third kappa shape index (κ3) is 5.22. The molecule has 4 heterocycles. The van der Waals surface area contributed by atoms with E-state index in [2.05, 4.69) is 67.2 Å². The summed E-state index contributed by atoms with van der Waals surface area (Å²) < 4.78 is 11.9. The zero-order chi connectivity index (χ0) is 29.8. The van der Waals surface area contributed by atoms with Crippen molar-refractivity contribution in [3.8, 4) is 23.0 Å². The summed E-state index contributed by atoms with van der Waals surface area (Å²) in [7, 11) is -1.91. The van der Waals surface area contributed by atoms with Crippen molar-refractivity contribution in [2.24, 2.45) is 0 Å². The average molecular weight is 583 g/mol. The number of benzene rings is 1. The molecular formula is C31H38N8O2Si. The number of imidazole rings is 1. The fourth-order valence-electron chi connectivity index (χ4n) is 4.82. The number of nitrogens with zero attached hydrogens (tertiary/aromatic N) is 8. The average Bonchev–Trinajstić information content (AvgIpc) is 3.47. The van der Waals surface area contributed by atoms with E-state index in [1.54, 1.807) is 18.7 Å². The van der Waals surface area contributed by atoms with Crippen LogP contribution in [0.1, 0.15) is 63.8 Å². The van der Waals surface area contributed by atoms with Crippen molar-refractivity contribution < 1.29 is 4.43 Å². The number of rotatable bonds is 8. The maximum Gasteiger partial charge on any atom is 0.267 e. The summed E-state index contributed by atoms with van der Waals surface area (Å²) >= 11 is 0. The Morgan fingerprint density at radius 1 is 1.10 bits per heavy atom. The fourth-order valence-corrected chi connectivity index (χ4v) is 5.91. The van der Waals surface area contributed by atoms with E-state index in [4.69, 9.17) is 9.41 Å². The van der Waals surface area contributed by atoms with Gasteiger partial charge in [0, 0.05) is 12.1 Å². The summed E-state index contributed by atoms with van der Waals surface area (Å²) in [5.74, 6) is 1.64. The molecule has 4 aromatic heterocycles. The van der Waals surface area contributed by atoms with Gasteiger partial charge in [-0.05, 0) is 74.7 Å². The van der Waals surface area contributed by atoms with Gasteiger partial charge in [-0.25, -0.2) is 15.0 Å². The maximum absolute atomic E-state index is 13.8. The molecule has 1 aromatic carbocycles. The molecular weight excluding hydrogens is 544 g/mol. The molecule has 1 atom stereocenters. The van der Waals surface area contributed by atoms with Crippen LogP contribution in [0.15, 0.2) is 60.3 Å². The first kappa shape index (κ1) is 28.2. The lowest BCUT2D eigenvalue weighted by atomic mass is 10.1. The van der Waals surface area contributed by atoms with Crippen LogP contribution in [0.4, 0.5) is 0 Å². The molecule has 1 aliphatic rings. The van der Waals surface area contributed by atoms with Crippen molar-refractivity contribution in [2.75, 3.05) is 6.61 Å². The summed E-state index contributed by atoms with van der Waals surface area (Å²) in [5.41, 5.74) is 4.12. The van der Waals surface area contributed by atoms with Gasteiger partial charge in [-0.1, -0.05) is 26.8 Å². The van der Waals surface area contributed by atoms with Crippen molar-refractivity contribution in [3.05, 3.63) is 77.1 Å². The van der Waals surface area contributed by atoms with Crippen molar-refractivity contribution in [1.29, 1.82) is 0 Å². The highest BCUT2D eigenvalue weighted by Gasteiger charge is 2.37. The van der Waals surface area contributed by atoms with E-state index in [1.165, 1.54) is 17.4 Å². The van der Waals surface area contributed by atoms with E-state index in [0.29, 0.717) is 40.8 Å². The molecule has 0 bridgehead atoms. The summed E-state index contributed by atoms with van der Waals surface area (Å²) in [6.07, 6.45) is 9.53. The van der Waals surface area contributed by atoms with E-state index in [-0.39, 0.29) is 16.6 Å². The number of pyridine rings is 1. The summed E-state index contributed by atoms with van der Waals surface area (Å²) in [6, 6.07) is 9.41. The standard InChI is InChI=1S/C31H38N8O2Si/c1-20-13-25-23(14-27(20)37-15-26(32-17-37)22-11-12-22)30(40)39(18-33-25)28-10-8-9-24(35-28)29-36-34-19-38(29)21(2)16-41-42(6,7)31(3,4)5/h8-10,13-15,17-19,21-22H,11-12,16H2,1-7H3. The van der Waals surface area contributed by atoms with E-state index >= 15 is 0 Å². The highest BCUT2D eigenvalue weighted by molar-refractivity contribution is 6.74. The van der Waals surface area contributed by atoms with Crippen molar-refractivity contribution in [1.82, 2.24) is 38.9 Å². The first-order chi connectivity index (χ1) is 19.9. The second-order valence-electron chi connectivity index (χ2n) is 12.9. The maximum atomic E-state index is 13.8. The predicted octanol–water partition coefficient (Wildman–Crippen LogP) is 5.99. The van der Waals surface area contributed by atoms with Crippen LogP contribution in [0, 0.1) is 6.92 Å². The van der Waals surface area contributed by atoms with Gasteiger partial charge >= 0.3 is 0 Å². The molecule has 1 aliphatic carbocycles. The quantitative estimate of drug-likeness (QED) is 0.207. The Morgan fingerprint density at radius 2 is 1.88 bits per heavy atom. The number of hydrogen-bond donors (Lipinski definition) is 0. The molecule has 1 unspecified atom stereocenters. The Morgan fingerprint density at radius 3 is 2.62 bits per heavy atom. The van der Waals surface area contributed by atoms with Gasteiger partial charge in [0.2, 0.25) is 0 Å². The Balaban J connectivity index is 1.32. The molecule has 11 heteroatoms. The molecule has 42 heavy (non-hydrogen) atoms. The van der Waals surface area contributed by atoms with Gasteiger partial charge < -0.3 is 13.6 Å². The Hall–Kier alpha value is -3.96. The predicted molar refractivity (Wildman–Crippen MR) is 166 cm³/mol. The minimum Gasteiger partial charge on any atom is -0.415 e. The first-order valence-corrected chi connectivity index (χ1v) is 17.4.